The Bertz CT molecular complexity index is 575. The lowest BCUT2D eigenvalue weighted by molar-refractivity contribution is 0.465. The maximum absolute atomic E-state index is 6.05. The zero-order chi connectivity index (χ0) is 13.1. The van der Waals surface area contributed by atoms with Crippen molar-refractivity contribution in [3.05, 3.63) is 45.5 Å². The molecule has 1 aromatic heterocycles. The molecule has 1 aromatic carbocycles. The summed E-state index contributed by atoms with van der Waals surface area (Å²) in [5, 5.41) is 0.738. The van der Waals surface area contributed by atoms with Crippen LogP contribution in [0, 0.1) is 0 Å². The number of hydrogen-bond donors (Lipinski definition) is 1. The molecule has 0 bridgehead atoms. The standard InChI is InChI=1S/C13H12BrClN2O/c1-2-8-5-10(3-4-11(8)15)18-13-12(16)6-9(14)7-17-13/h3-7H,2,16H2,1H3. The van der Waals surface area contributed by atoms with E-state index in [1.807, 2.05) is 19.1 Å². The minimum atomic E-state index is 0.391. The van der Waals surface area contributed by atoms with Gasteiger partial charge in [0.2, 0.25) is 5.88 Å². The van der Waals surface area contributed by atoms with Gasteiger partial charge >= 0.3 is 0 Å². The molecule has 2 rings (SSSR count). The van der Waals surface area contributed by atoms with Crippen molar-refractivity contribution < 1.29 is 4.74 Å². The van der Waals surface area contributed by atoms with Crippen molar-refractivity contribution in [2.45, 2.75) is 13.3 Å². The third-order valence-corrected chi connectivity index (χ3v) is 3.26. The maximum Gasteiger partial charge on any atom is 0.242 e. The van der Waals surface area contributed by atoms with Crippen LogP contribution < -0.4 is 10.5 Å². The first-order valence-corrected chi connectivity index (χ1v) is 6.64. The average molecular weight is 328 g/mol. The highest BCUT2D eigenvalue weighted by molar-refractivity contribution is 9.10. The molecule has 94 valence electrons. The number of nitrogens with two attached hydrogens (primary N) is 1. The van der Waals surface area contributed by atoms with E-state index in [9.17, 15) is 0 Å². The summed E-state index contributed by atoms with van der Waals surface area (Å²) in [5.74, 6) is 1.07. The summed E-state index contributed by atoms with van der Waals surface area (Å²) in [6.45, 7) is 2.04. The highest BCUT2D eigenvalue weighted by Crippen LogP contribution is 2.29. The molecule has 0 radical (unpaired) electrons. The lowest BCUT2D eigenvalue weighted by Crippen LogP contribution is -1.95. The Morgan fingerprint density at radius 1 is 1.39 bits per heavy atom. The fourth-order valence-corrected chi connectivity index (χ4v) is 2.13. The number of nitrogen functional groups attached to an aromatic ring is 1. The Morgan fingerprint density at radius 3 is 2.83 bits per heavy atom. The van der Waals surface area contributed by atoms with Crippen molar-refractivity contribution in [3.63, 3.8) is 0 Å². The van der Waals surface area contributed by atoms with Crippen molar-refractivity contribution in [1.82, 2.24) is 4.98 Å². The van der Waals surface area contributed by atoms with Gasteiger partial charge in [0.15, 0.2) is 0 Å². The van der Waals surface area contributed by atoms with Crippen LogP contribution in [0.3, 0.4) is 0 Å². The lowest BCUT2D eigenvalue weighted by atomic mass is 10.1. The summed E-state index contributed by atoms with van der Waals surface area (Å²) < 4.78 is 6.46. The fraction of sp³-hybridized carbons (Fsp3) is 0.154. The molecule has 0 unspecified atom stereocenters. The van der Waals surface area contributed by atoms with Crippen LogP contribution >= 0.6 is 27.5 Å². The predicted octanol–water partition coefficient (Wildman–Crippen LogP) is 4.43. The van der Waals surface area contributed by atoms with Crippen LogP contribution in [0.25, 0.3) is 0 Å². The number of aryl methyl sites for hydroxylation is 1. The average Bonchev–Trinajstić information content (AvgIpc) is 2.35. The molecule has 0 saturated heterocycles. The van der Waals surface area contributed by atoms with Gasteiger partial charge in [0, 0.05) is 15.7 Å². The summed E-state index contributed by atoms with van der Waals surface area (Å²) in [5.41, 5.74) is 7.34. The van der Waals surface area contributed by atoms with Crippen LogP contribution in [-0.2, 0) is 6.42 Å². The van der Waals surface area contributed by atoms with Crippen molar-refractivity contribution in [2.75, 3.05) is 5.73 Å². The largest absolute Gasteiger partial charge is 0.437 e. The second kappa shape index (κ2) is 5.59. The number of ether oxygens (including phenoxy) is 1. The summed E-state index contributed by atoms with van der Waals surface area (Å²) in [6, 6.07) is 7.25. The molecule has 0 aliphatic rings. The molecule has 0 saturated carbocycles. The Labute approximate surface area is 119 Å². The summed E-state index contributed by atoms with van der Waals surface area (Å²) in [6.07, 6.45) is 2.49. The van der Waals surface area contributed by atoms with Crippen molar-refractivity contribution in [1.29, 1.82) is 0 Å². The van der Waals surface area contributed by atoms with Crippen molar-refractivity contribution >= 4 is 33.2 Å². The van der Waals surface area contributed by atoms with E-state index in [1.54, 1.807) is 18.3 Å². The van der Waals surface area contributed by atoms with Gasteiger partial charge in [-0.2, -0.15) is 0 Å². The van der Waals surface area contributed by atoms with Crippen molar-refractivity contribution in [2.24, 2.45) is 0 Å². The zero-order valence-electron chi connectivity index (χ0n) is 9.78. The first-order valence-electron chi connectivity index (χ1n) is 5.47. The third-order valence-electron chi connectivity index (χ3n) is 2.46. The molecule has 1 heterocycles. The highest BCUT2D eigenvalue weighted by atomic mass is 79.9. The third kappa shape index (κ3) is 2.94. The van der Waals surface area contributed by atoms with Crippen molar-refractivity contribution in [3.8, 4) is 11.6 Å². The number of rotatable bonds is 3. The molecular formula is C13H12BrClN2O. The van der Waals surface area contributed by atoms with Gasteiger partial charge in [-0.15, -0.1) is 0 Å². The number of aromatic nitrogens is 1. The molecule has 0 atom stereocenters. The molecule has 2 aromatic rings. The van der Waals surface area contributed by atoms with E-state index in [2.05, 4.69) is 20.9 Å². The quantitative estimate of drug-likeness (QED) is 0.907. The highest BCUT2D eigenvalue weighted by Gasteiger charge is 2.06. The Kier molecular flexibility index (Phi) is 4.09. The predicted molar refractivity (Wildman–Crippen MR) is 77.3 cm³/mol. The first kappa shape index (κ1) is 13.2. The number of anilines is 1. The fourth-order valence-electron chi connectivity index (χ4n) is 1.52. The van der Waals surface area contributed by atoms with E-state index in [1.165, 1.54) is 0 Å². The van der Waals surface area contributed by atoms with Gasteiger partial charge in [-0.1, -0.05) is 18.5 Å². The molecule has 0 amide bonds. The van der Waals surface area contributed by atoms with E-state index < -0.39 is 0 Å². The maximum atomic E-state index is 6.05. The van der Waals surface area contributed by atoms with Gasteiger partial charge in [-0.05, 0) is 52.2 Å². The number of pyridine rings is 1. The molecular weight excluding hydrogens is 316 g/mol. The van der Waals surface area contributed by atoms with Crippen LogP contribution in [0.1, 0.15) is 12.5 Å². The Hall–Kier alpha value is -1.26. The normalized spacial score (nSPS) is 10.4. The second-order valence-electron chi connectivity index (χ2n) is 3.76. The first-order chi connectivity index (χ1) is 8.60. The summed E-state index contributed by atoms with van der Waals surface area (Å²) in [7, 11) is 0. The Balaban J connectivity index is 2.28. The lowest BCUT2D eigenvalue weighted by Gasteiger charge is -2.09. The number of hydrogen-bond acceptors (Lipinski definition) is 3. The van der Waals surface area contributed by atoms with E-state index in [0.29, 0.717) is 17.3 Å². The molecule has 5 heteroatoms. The van der Waals surface area contributed by atoms with E-state index in [0.717, 1.165) is 21.5 Å². The van der Waals surface area contributed by atoms with Crippen LogP contribution in [0.5, 0.6) is 11.6 Å². The minimum absolute atomic E-state index is 0.391. The zero-order valence-corrected chi connectivity index (χ0v) is 12.1. The van der Waals surface area contributed by atoms with E-state index in [4.69, 9.17) is 22.1 Å². The number of benzene rings is 1. The van der Waals surface area contributed by atoms with Crippen LogP contribution in [0.15, 0.2) is 34.9 Å². The van der Waals surface area contributed by atoms with Crippen LogP contribution in [0.4, 0.5) is 5.69 Å². The SMILES string of the molecule is CCc1cc(Oc2ncc(Br)cc2N)ccc1Cl. The summed E-state index contributed by atoms with van der Waals surface area (Å²) >= 11 is 9.35. The van der Waals surface area contributed by atoms with Gasteiger partial charge in [-0.3, -0.25) is 0 Å². The van der Waals surface area contributed by atoms with Crippen LogP contribution in [-0.4, -0.2) is 4.98 Å². The molecule has 0 fully saturated rings. The molecule has 2 N–H and O–H groups in total. The summed E-state index contributed by atoms with van der Waals surface area (Å²) in [4.78, 5) is 4.12. The molecule has 3 nitrogen and oxygen atoms in total. The number of halogens is 2. The van der Waals surface area contributed by atoms with Gasteiger partial charge in [0.05, 0.1) is 5.69 Å². The molecule has 0 aliphatic heterocycles. The van der Waals surface area contributed by atoms with E-state index in [-0.39, 0.29) is 0 Å². The topological polar surface area (TPSA) is 48.1 Å². The van der Waals surface area contributed by atoms with E-state index >= 15 is 0 Å². The van der Waals surface area contributed by atoms with Gasteiger partial charge in [0.25, 0.3) is 0 Å². The smallest absolute Gasteiger partial charge is 0.242 e. The van der Waals surface area contributed by atoms with Crippen LogP contribution in [0.2, 0.25) is 5.02 Å². The van der Waals surface area contributed by atoms with Gasteiger partial charge in [-0.25, -0.2) is 4.98 Å². The molecule has 18 heavy (non-hydrogen) atoms. The molecule has 0 spiro atoms. The van der Waals surface area contributed by atoms with Gasteiger partial charge in [0.1, 0.15) is 5.75 Å². The Morgan fingerprint density at radius 2 is 2.17 bits per heavy atom. The van der Waals surface area contributed by atoms with Gasteiger partial charge < -0.3 is 10.5 Å². The monoisotopic (exact) mass is 326 g/mol. The minimum Gasteiger partial charge on any atom is -0.437 e. The second-order valence-corrected chi connectivity index (χ2v) is 5.08. The number of nitrogens with zero attached hydrogens (tertiary/aromatic N) is 1. The molecule has 0 aliphatic carbocycles.